The Morgan fingerprint density at radius 2 is 1.76 bits per heavy atom. The van der Waals surface area contributed by atoms with E-state index in [1.807, 2.05) is 12.1 Å². The normalized spacial score (nSPS) is 10.6. The van der Waals surface area contributed by atoms with Crippen LogP contribution in [0.5, 0.6) is 0 Å². The molecule has 0 spiro atoms. The predicted molar refractivity (Wildman–Crippen MR) is 89.1 cm³/mol. The van der Waals surface area contributed by atoms with Gasteiger partial charge in [-0.3, -0.25) is 0 Å². The topological polar surface area (TPSA) is 41.1 Å². The van der Waals surface area contributed by atoms with E-state index in [2.05, 4.69) is 10.6 Å². The van der Waals surface area contributed by atoms with Crippen LogP contribution in [-0.2, 0) is 0 Å². The van der Waals surface area contributed by atoms with Crippen LogP contribution in [0.15, 0.2) is 48.7 Å². The highest BCUT2D eigenvalue weighted by Gasteiger charge is 2.04. The Labute approximate surface area is 137 Å². The van der Waals surface area contributed by atoms with Crippen LogP contribution in [0.1, 0.15) is 5.56 Å². The number of carbonyl (C=O) groups excluding carboxylic acids is 1. The van der Waals surface area contributed by atoms with Crippen molar-refractivity contribution >= 4 is 52.6 Å². The molecule has 0 saturated heterocycles. The van der Waals surface area contributed by atoms with Crippen molar-refractivity contribution in [1.82, 2.24) is 5.32 Å². The Bertz CT molecular complexity index is 686. The lowest BCUT2D eigenvalue weighted by atomic mass is 10.2. The maximum Gasteiger partial charge on any atom is 0.323 e. The fourth-order valence-corrected chi connectivity index (χ4v) is 2.23. The molecule has 0 bridgehead atoms. The number of halogens is 3. The van der Waals surface area contributed by atoms with E-state index in [0.29, 0.717) is 20.8 Å². The number of rotatable bonds is 3. The number of hydrogen-bond donors (Lipinski definition) is 2. The van der Waals surface area contributed by atoms with Crippen molar-refractivity contribution in [1.29, 1.82) is 0 Å². The highest BCUT2D eigenvalue weighted by atomic mass is 35.5. The SMILES string of the molecule is O=C(N/C=C/c1cccc(Cl)c1)Nc1ccc(Cl)cc1Cl. The molecule has 0 aliphatic rings. The lowest BCUT2D eigenvalue weighted by Crippen LogP contribution is -2.23. The fourth-order valence-electron chi connectivity index (χ4n) is 1.57. The van der Waals surface area contributed by atoms with Crippen LogP contribution in [0.3, 0.4) is 0 Å². The zero-order valence-electron chi connectivity index (χ0n) is 10.7. The Morgan fingerprint density at radius 1 is 1.00 bits per heavy atom. The first-order chi connectivity index (χ1) is 10.0. The van der Waals surface area contributed by atoms with Crippen molar-refractivity contribution in [2.45, 2.75) is 0 Å². The predicted octanol–water partition coefficient (Wildman–Crippen LogP) is 5.44. The van der Waals surface area contributed by atoms with E-state index in [1.54, 1.807) is 36.4 Å². The van der Waals surface area contributed by atoms with Gasteiger partial charge in [0.2, 0.25) is 0 Å². The highest BCUT2D eigenvalue weighted by Crippen LogP contribution is 2.25. The van der Waals surface area contributed by atoms with Crippen LogP contribution in [0.4, 0.5) is 10.5 Å². The summed E-state index contributed by atoms with van der Waals surface area (Å²) in [5, 5.41) is 6.70. The molecule has 0 radical (unpaired) electrons. The van der Waals surface area contributed by atoms with Gasteiger partial charge in [-0.1, -0.05) is 46.9 Å². The van der Waals surface area contributed by atoms with Crippen molar-refractivity contribution in [2.75, 3.05) is 5.32 Å². The van der Waals surface area contributed by atoms with Crippen molar-refractivity contribution in [2.24, 2.45) is 0 Å². The maximum atomic E-state index is 11.7. The van der Waals surface area contributed by atoms with Crippen LogP contribution < -0.4 is 10.6 Å². The molecule has 3 nitrogen and oxygen atoms in total. The van der Waals surface area contributed by atoms with E-state index >= 15 is 0 Å². The van der Waals surface area contributed by atoms with Crippen LogP contribution in [0, 0.1) is 0 Å². The highest BCUT2D eigenvalue weighted by molar-refractivity contribution is 6.36. The largest absolute Gasteiger partial charge is 0.323 e. The smallest absolute Gasteiger partial charge is 0.314 e. The van der Waals surface area contributed by atoms with Crippen LogP contribution in [-0.4, -0.2) is 6.03 Å². The van der Waals surface area contributed by atoms with E-state index in [0.717, 1.165) is 5.56 Å². The summed E-state index contributed by atoms with van der Waals surface area (Å²) in [5.74, 6) is 0. The lowest BCUT2D eigenvalue weighted by molar-refractivity contribution is 0.255. The van der Waals surface area contributed by atoms with Gasteiger partial charge in [0.05, 0.1) is 10.7 Å². The molecule has 6 heteroatoms. The second-order valence-electron chi connectivity index (χ2n) is 4.11. The van der Waals surface area contributed by atoms with E-state index in [9.17, 15) is 4.79 Å². The second-order valence-corrected chi connectivity index (χ2v) is 5.39. The van der Waals surface area contributed by atoms with Crippen LogP contribution >= 0.6 is 34.8 Å². The molecule has 2 rings (SSSR count). The van der Waals surface area contributed by atoms with Gasteiger partial charge < -0.3 is 10.6 Å². The van der Waals surface area contributed by atoms with Gasteiger partial charge in [0.15, 0.2) is 0 Å². The minimum atomic E-state index is -0.405. The minimum absolute atomic E-state index is 0.372. The number of carbonyl (C=O) groups is 1. The summed E-state index contributed by atoms with van der Waals surface area (Å²) in [5.41, 5.74) is 1.36. The molecule has 0 aliphatic heterocycles. The third-order valence-electron chi connectivity index (χ3n) is 2.52. The number of anilines is 1. The number of amides is 2. The first-order valence-corrected chi connectivity index (χ1v) is 7.13. The molecule has 0 heterocycles. The third-order valence-corrected chi connectivity index (χ3v) is 3.30. The van der Waals surface area contributed by atoms with Gasteiger partial charge in [0.25, 0.3) is 0 Å². The first kappa shape index (κ1) is 15.7. The monoisotopic (exact) mass is 340 g/mol. The van der Waals surface area contributed by atoms with Crippen molar-refractivity contribution < 1.29 is 4.79 Å². The molecule has 21 heavy (non-hydrogen) atoms. The van der Waals surface area contributed by atoms with E-state index in [-0.39, 0.29) is 0 Å². The summed E-state index contributed by atoms with van der Waals surface area (Å²) in [4.78, 5) is 11.7. The molecule has 2 amide bonds. The van der Waals surface area contributed by atoms with E-state index < -0.39 is 6.03 Å². The number of hydrogen-bond acceptors (Lipinski definition) is 1. The Balaban J connectivity index is 1.93. The lowest BCUT2D eigenvalue weighted by Gasteiger charge is -2.06. The molecule has 2 aromatic carbocycles. The van der Waals surface area contributed by atoms with Crippen LogP contribution in [0.25, 0.3) is 6.08 Å². The van der Waals surface area contributed by atoms with Crippen molar-refractivity contribution in [3.8, 4) is 0 Å². The summed E-state index contributed by atoms with van der Waals surface area (Å²) in [6, 6.07) is 11.7. The summed E-state index contributed by atoms with van der Waals surface area (Å²) >= 11 is 17.6. The summed E-state index contributed by atoms with van der Waals surface area (Å²) in [6.07, 6.45) is 3.25. The Morgan fingerprint density at radius 3 is 2.48 bits per heavy atom. The third kappa shape index (κ3) is 4.97. The molecule has 0 saturated carbocycles. The van der Waals surface area contributed by atoms with Gasteiger partial charge in [-0.2, -0.15) is 0 Å². The molecule has 108 valence electrons. The molecule has 2 aromatic rings. The zero-order chi connectivity index (χ0) is 15.2. The molecule has 2 N–H and O–H groups in total. The standard InChI is InChI=1S/C15H11Cl3N2O/c16-11-3-1-2-10(8-11)6-7-19-15(21)20-14-5-4-12(17)9-13(14)18/h1-9H,(H2,19,20,21)/b7-6+. The quantitative estimate of drug-likeness (QED) is 0.767. The zero-order valence-corrected chi connectivity index (χ0v) is 13.0. The summed E-state index contributed by atoms with van der Waals surface area (Å²) < 4.78 is 0. The Kier molecular flexibility index (Phi) is 5.51. The molecule has 0 aliphatic carbocycles. The second kappa shape index (κ2) is 7.36. The van der Waals surface area contributed by atoms with Gasteiger partial charge >= 0.3 is 6.03 Å². The molecular formula is C15H11Cl3N2O. The Hall–Kier alpha value is -1.68. The van der Waals surface area contributed by atoms with Gasteiger partial charge in [-0.25, -0.2) is 4.79 Å². The molecular weight excluding hydrogens is 331 g/mol. The fraction of sp³-hybridized carbons (Fsp3) is 0. The number of benzene rings is 2. The van der Waals surface area contributed by atoms with Crippen LogP contribution in [0.2, 0.25) is 15.1 Å². The molecule has 0 aromatic heterocycles. The van der Waals surface area contributed by atoms with E-state index in [4.69, 9.17) is 34.8 Å². The summed E-state index contributed by atoms with van der Waals surface area (Å²) in [6.45, 7) is 0. The average Bonchev–Trinajstić information content (AvgIpc) is 2.42. The average molecular weight is 342 g/mol. The van der Waals surface area contributed by atoms with Gasteiger partial charge in [0, 0.05) is 16.2 Å². The van der Waals surface area contributed by atoms with Gasteiger partial charge in [0.1, 0.15) is 0 Å². The molecule has 0 unspecified atom stereocenters. The van der Waals surface area contributed by atoms with Crippen molar-refractivity contribution in [3.05, 3.63) is 69.3 Å². The summed E-state index contributed by atoms with van der Waals surface area (Å²) in [7, 11) is 0. The maximum absolute atomic E-state index is 11.7. The molecule has 0 fully saturated rings. The number of urea groups is 1. The van der Waals surface area contributed by atoms with Crippen molar-refractivity contribution in [3.63, 3.8) is 0 Å². The van der Waals surface area contributed by atoms with Gasteiger partial charge in [-0.15, -0.1) is 0 Å². The van der Waals surface area contributed by atoms with Gasteiger partial charge in [-0.05, 0) is 42.0 Å². The first-order valence-electron chi connectivity index (χ1n) is 5.99. The minimum Gasteiger partial charge on any atom is -0.314 e. The van der Waals surface area contributed by atoms with E-state index in [1.165, 1.54) is 6.20 Å². The number of nitrogens with one attached hydrogen (secondary N) is 2. The molecule has 0 atom stereocenters.